The second kappa shape index (κ2) is 7.55. The number of hydrogen-bond acceptors (Lipinski definition) is 3. The van der Waals surface area contributed by atoms with Crippen molar-refractivity contribution >= 4 is 11.8 Å². The zero-order valence-electron chi connectivity index (χ0n) is 13.2. The first-order valence-electron chi connectivity index (χ1n) is 7.58. The highest BCUT2D eigenvalue weighted by molar-refractivity contribution is 5.79. The van der Waals surface area contributed by atoms with Crippen molar-refractivity contribution in [2.75, 3.05) is 13.2 Å². The minimum absolute atomic E-state index is 0.174. The lowest BCUT2D eigenvalue weighted by atomic mass is 9.97. The molecule has 5 nitrogen and oxygen atoms in total. The van der Waals surface area contributed by atoms with Gasteiger partial charge in [-0.05, 0) is 25.0 Å². The number of amides is 2. The highest BCUT2D eigenvalue weighted by Gasteiger charge is 2.48. The summed E-state index contributed by atoms with van der Waals surface area (Å²) in [5.74, 6) is -0.681. The Kier molecular flexibility index (Phi) is 5.69. The van der Waals surface area contributed by atoms with Gasteiger partial charge in [-0.2, -0.15) is 13.2 Å². The Bertz CT molecular complexity index is 578. The number of nitrogens with zero attached hydrogens (tertiary/aromatic N) is 1. The van der Waals surface area contributed by atoms with E-state index in [4.69, 9.17) is 4.74 Å². The Hall–Kier alpha value is -2.25. The highest BCUT2D eigenvalue weighted by Crippen LogP contribution is 2.32. The number of carbonyl (C=O) groups excluding carboxylic acids is 2. The summed E-state index contributed by atoms with van der Waals surface area (Å²) in [6.45, 7) is 0.630. The molecular weight excluding hydrogens is 325 g/mol. The fraction of sp³-hybridized carbons (Fsp3) is 0.500. The van der Waals surface area contributed by atoms with Crippen LogP contribution in [0.15, 0.2) is 30.3 Å². The lowest BCUT2D eigenvalue weighted by Gasteiger charge is -2.40. The smallest absolute Gasteiger partial charge is 0.408 e. The summed E-state index contributed by atoms with van der Waals surface area (Å²) < 4.78 is 44.8. The van der Waals surface area contributed by atoms with Crippen LogP contribution >= 0.6 is 0 Å². The molecule has 2 rings (SSSR count). The molecule has 0 unspecified atom stereocenters. The number of halogens is 3. The second-order valence-electron chi connectivity index (χ2n) is 5.68. The summed E-state index contributed by atoms with van der Waals surface area (Å²) in [6, 6.07) is 6.06. The third kappa shape index (κ3) is 4.87. The van der Waals surface area contributed by atoms with Crippen molar-refractivity contribution in [3.05, 3.63) is 30.3 Å². The van der Waals surface area contributed by atoms with Crippen LogP contribution in [0.1, 0.15) is 19.8 Å². The normalized spacial score (nSPS) is 21.2. The number of ether oxygens (including phenoxy) is 1. The van der Waals surface area contributed by atoms with E-state index >= 15 is 0 Å². The molecule has 24 heavy (non-hydrogen) atoms. The molecule has 1 aliphatic heterocycles. The van der Waals surface area contributed by atoms with Crippen LogP contribution in [0.5, 0.6) is 5.75 Å². The van der Waals surface area contributed by atoms with Crippen LogP contribution in [0.2, 0.25) is 0 Å². The van der Waals surface area contributed by atoms with Crippen LogP contribution in [0.25, 0.3) is 0 Å². The van der Waals surface area contributed by atoms with E-state index in [1.807, 2.05) is 0 Å². The summed E-state index contributed by atoms with van der Waals surface area (Å²) in [7, 11) is 0. The van der Waals surface area contributed by atoms with Gasteiger partial charge in [0.15, 0.2) is 6.61 Å². The van der Waals surface area contributed by atoms with E-state index in [0.29, 0.717) is 5.75 Å². The number of piperidine rings is 1. The van der Waals surface area contributed by atoms with Gasteiger partial charge in [-0.25, -0.2) is 0 Å². The minimum Gasteiger partial charge on any atom is -0.484 e. The van der Waals surface area contributed by atoms with Crippen molar-refractivity contribution in [3.63, 3.8) is 0 Å². The van der Waals surface area contributed by atoms with Gasteiger partial charge in [-0.1, -0.05) is 18.2 Å². The number of alkyl halides is 3. The van der Waals surface area contributed by atoms with Crippen molar-refractivity contribution in [1.82, 2.24) is 10.2 Å². The van der Waals surface area contributed by atoms with Gasteiger partial charge in [-0.15, -0.1) is 0 Å². The Balaban J connectivity index is 2.04. The molecule has 1 aromatic carbocycles. The Morgan fingerprint density at radius 1 is 1.25 bits per heavy atom. The second-order valence-corrected chi connectivity index (χ2v) is 5.68. The number of nitrogens with one attached hydrogen (secondary N) is 1. The molecule has 8 heteroatoms. The van der Waals surface area contributed by atoms with Crippen LogP contribution in [0, 0.1) is 0 Å². The highest BCUT2D eigenvalue weighted by atomic mass is 19.4. The fourth-order valence-corrected chi connectivity index (χ4v) is 2.74. The molecule has 0 bridgehead atoms. The van der Waals surface area contributed by atoms with Gasteiger partial charge < -0.3 is 15.0 Å². The summed E-state index contributed by atoms with van der Waals surface area (Å²) in [5.41, 5.74) is 0. The number of likely N-dealkylation sites (tertiary alicyclic amines) is 1. The van der Waals surface area contributed by atoms with E-state index in [9.17, 15) is 22.8 Å². The molecule has 0 spiro atoms. The molecular formula is C16H19F3N2O3. The first-order valence-corrected chi connectivity index (χ1v) is 7.58. The van der Waals surface area contributed by atoms with Crippen LogP contribution < -0.4 is 10.1 Å². The zero-order chi connectivity index (χ0) is 17.7. The number of hydrogen-bond donors (Lipinski definition) is 1. The van der Waals surface area contributed by atoms with Gasteiger partial charge in [0.25, 0.3) is 5.91 Å². The molecule has 0 aromatic heterocycles. The zero-order valence-corrected chi connectivity index (χ0v) is 13.2. The molecule has 132 valence electrons. The SMILES string of the molecule is CC(=O)N[C@H]1CC[C@@H](C(F)(F)F)N(C(=O)COc2ccccc2)C1. The summed E-state index contributed by atoms with van der Waals surface area (Å²) in [6.07, 6.45) is -4.58. The van der Waals surface area contributed by atoms with Crippen molar-refractivity contribution < 1.29 is 27.5 Å². The number of para-hydroxylation sites is 1. The monoisotopic (exact) mass is 344 g/mol. The fourth-order valence-electron chi connectivity index (χ4n) is 2.74. The average Bonchev–Trinajstić information content (AvgIpc) is 2.52. The number of carbonyl (C=O) groups is 2. The van der Waals surface area contributed by atoms with Crippen LogP contribution in [0.4, 0.5) is 13.2 Å². The van der Waals surface area contributed by atoms with E-state index in [2.05, 4.69) is 5.32 Å². The Morgan fingerprint density at radius 2 is 1.92 bits per heavy atom. The predicted molar refractivity (Wildman–Crippen MR) is 80.3 cm³/mol. The predicted octanol–water partition coefficient (Wildman–Crippen LogP) is 2.12. The van der Waals surface area contributed by atoms with Gasteiger partial charge in [0.05, 0.1) is 0 Å². The van der Waals surface area contributed by atoms with E-state index < -0.39 is 30.8 Å². The standard InChI is InChI=1S/C16H19F3N2O3/c1-11(22)20-12-7-8-14(16(17,18)19)21(9-12)15(23)10-24-13-5-3-2-4-6-13/h2-6,12,14H,7-10H2,1H3,(H,20,22)/t12-,14-/m0/s1. The van der Waals surface area contributed by atoms with E-state index in [-0.39, 0.29) is 25.3 Å². The lowest BCUT2D eigenvalue weighted by molar-refractivity contribution is -0.198. The molecule has 0 radical (unpaired) electrons. The maximum Gasteiger partial charge on any atom is 0.408 e. The van der Waals surface area contributed by atoms with Crippen LogP contribution in [0.3, 0.4) is 0 Å². The first kappa shape index (κ1) is 18.1. The third-order valence-corrected chi connectivity index (χ3v) is 3.79. The minimum atomic E-state index is -4.51. The Labute approximate surface area is 137 Å². The van der Waals surface area contributed by atoms with Crippen molar-refractivity contribution in [2.24, 2.45) is 0 Å². The maximum absolute atomic E-state index is 13.2. The molecule has 1 aliphatic rings. The molecule has 1 N–H and O–H groups in total. The summed E-state index contributed by atoms with van der Waals surface area (Å²) in [4.78, 5) is 24.1. The van der Waals surface area contributed by atoms with Gasteiger partial charge in [0.1, 0.15) is 11.8 Å². The lowest BCUT2D eigenvalue weighted by Crippen LogP contribution is -2.59. The number of rotatable bonds is 4. The summed E-state index contributed by atoms with van der Waals surface area (Å²) >= 11 is 0. The van der Waals surface area contributed by atoms with E-state index in [1.165, 1.54) is 6.92 Å². The van der Waals surface area contributed by atoms with Crippen LogP contribution in [-0.2, 0) is 9.59 Å². The van der Waals surface area contributed by atoms with Gasteiger partial charge in [0.2, 0.25) is 5.91 Å². The molecule has 1 saturated heterocycles. The summed E-state index contributed by atoms with van der Waals surface area (Å²) in [5, 5.41) is 2.57. The van der Waals surface area contributed by atoms with Gasteiger partial charge >= 0.3 is 6.18 Å². The average molecular weight is 344 g/mol. The molecule has 1 heterocycles. The van der Waals surface area contributed by atoms with Crippen molar-refractivity contribution in [1.29, 1.82) is 0 Å². The molecule has 1 aromatic rings. The van der Waals surface area contributed by atoms with E-state index in [0.717, 1.165) is 4.90 Å². The van der Waals surface area contributed by atoms with Crippen LogP contribution in [-0.4, -0.2) is 48.1 Å². The molecule has 1 fully saturated rings. The van der Waals surface area contributed by atoms with Crippen molar-refractivity contribution in [3.8, 4) is 5.75 Å². The molecule has 0 saturated carbocycles. The molecule has 2 amide bonds. The molecule has 2 atom stereocenters. The largest absolute Gasteiger partial charge is 0.484 e. The van der Waals surface area contributed by atoms with Crippen molar-refractivity contribution in [2.45, 2.75) is 38.0 Å². The number of benzene rings is 1. The van der Waals surface area contributed by atoms with E-state index in [1.54, 1.807) is 30.3 Å². The van der Waals surface area contributed by atoms with Gasteiger partial charge in [0, 0.05) is 19.5 Å². The van der Waals surface area contributed by atoms with Gasteiger partial charge in [-0.3, -0.25) is 9.59 Å². The Morgan fingerprint density at radius 3 is 2.50 bits per heavy atom. The first-order chi connectivity index (χ1) is 11.3. The quantitative estimate of drug-likeness (QED) is 0.910. The third-order valence-electron chi connectivity index (χ3n) is 3.79. The maximum atomic E-state index is 13.2. The molecule has 0 aliphatic carbocycles. The topological polar surface area (TPSA) is 58.6 Å².